The average Bonchev–Trinajstić information content (AvgIpc) is 3.18. The smallest absolute Gasteiger partial charge is 0.227 e. The summed E-state index contributed by atoms with van der Waals surface area (Å²) in [5, 5.41) is 4.36. The van der Waals surface area contributed by atoms with Gasteiger partial charge in [-0.2, -0.15) is 0 Å². The number of rotatable bonds is 4. The maximum atomic E-state index is 6.49. The van der Waals surface area contributed by atoms with Crippen LogP contribution in [0.5, 0.6) is 0 Å². The predicted octanol–water partition coefficient (Wildman–Crippen LogP) is 5.01. The molecule has 3 N–H and O–H groups in total. The lowest BCUT2D eigenvalue weighted by Crippen LogP contribution is -2.20. The summed E-state index contributed by atoms with van der Waals surface area (Å²) in [5.41, 5.74) is 13.5. The first-order valence-electron chi connectivity index (χ1n) is 10.3. The van der Waals surface area contributed by atoms with Gasteiger partial charge in [-0.05, 0) is 37.5 Å². The number of furan rings is 1. The van der Waals surface area contributed by atoms with Gasteiger partial charge >= 0.3 is 0 Å². The third-order valence-electron chi connectivity index (χ3n) is 5.51. The van der Waals surface area contributed by atoms with Gasteiger partial charge in [-0.25, -0.2) is 9.97 Å². The number of fused-ring (bicyclic) bond motifs is 2. The highest BCUT2D eigenvalue weighted by Crippen LogP contribution is 2.33. The molecule has 2 heterocycles. The lowest BCUT2D eigenvalue weighted by atomic mass is 9.88. The van der Waals surface area contributed by atoms with Crippen molar-refractivity contribution in [2.75, 3.05) is 12.4 Å². The van der Waals surface area contributed by atoms with Crippen LogP contribution in [0.4, 0.5) is 11.6 Å². The number of aliphatic imine (C=N–C) groups is 1. The summed E-state index contributed by atoms with van der Waals surface area (Å²) in [5.74, 6) is 1.36. The van der Waals surface area contributed by atoms with Crippen LogP contribution in [0.15, 0.2) is 75.9 Å². The highest BCUT2D eigenvalue weighted by atomic mass is 16.3. The molecule has 31 heavy (non-hydrogen) atoms. The number of benzene rings is 2. The maximum Gasteiger partial charge on any atom is 0.227 e. The van der Waals surface area contributed by atoms with Crippen molar-refractivity contribution < 1.29 is 4.42 Å². The Morgan fingerprint density at radius 2 is 1.94 bits per heavy atom. The molecule has 2 aromatic heterocycles. The second kappa shape index (κ2) is 7.72. The number of allylic oxidation sites excluding steroid dienone is 2. The van der Waals surface area contributed by atoms with Crippen molar-refractivity contribution in [1.82, 2.24) is 9.97 Å². The standard InChI is InChI=1S/C25H23N5O/c1-15-13-17-9-6-10-20(24(17)31-15)29-25-28-14-18-11-12-19(26)21(23(18)30-25)22(27-2)16-7-4-3-5-8-16/h3-10,13-14H,11-12,26H2,1-2H3,(H,28,29,30). The number of anilines is 2. The summed E-state index contributed by atoms with van der Waals surface area (Å²) >= 11 is 0. The van der Waals surface area contributed by atoms with Crippen LogP contribution in [0, 0.1) is 6.92 Å². The molecule has 0 aliphatic heterocycles. The molecular formula is C25H23N5O. The molecule has 5 rings (SSSR count). The van der Waals surface area contributed by atoms with E-state index < -0.39 is 0 Å². The Kier molecular flexibility index (Phi) is 4.75. The number of para-hydroxylation sites is 1. The molecule has 0 radical (unpaired) electrons. The highest BCUT2D eigenvalue weighted by molar-refractivity contribution is 6.32. The van der Waals surface area contributed by atoms with Crippen LogP contribution >= 0.6 is 0 Å². The molecule has 6 nitrogen and oxygen atoms in total. The van der Waals surface area contributed by atoms with E-state index in [9.17, 15) is 0 Å². The van der Waals surface area contributed by atoms with Crippen LogP contribution in [-0.2, 0) is 6.42 Å². The second-order valence-electron chi connectivity index (χ2n) is 7.61. The van der Waals surface area contributed by atoms with E-state index in [-0.39, 0.29) is 0 Å². The van der Waals surface area contributed by atoms with Crippen molar-refractivity contribution in [3.63, 3.8) is 0 Å². The average molecular weight is 409 g/mol. The molecule has 154 valence electrons. The van der Waals surface area contributed by atoms with E-state index in [2.05, 4.69) is 15.3 Å². The van der Waals surface area contributed by atoms with E-state index in [1.54, 1.807) is 7.05 Å². The molecular weight excluding hydrogens is 386 g/mol. The maximum absolute atomic E-state index is 6.49. The summed E-state index contributed by atoms with van der Waals surface area (Å²) in [4.78, 5) is 14.0. The highest BCUT2D eigenvalue weighted by Gasteiger charge is 2.25. The fraction of sp³-hybridized carbons (Fsp3) is 0.160. The van der Waals surface area contributed by atoms with Gasteiger partial charge < -0.3 is 15.5 Å². The van der Waals surface area contributed by atoms with Gasteiger partial charge in [-0.1, -0.05) is 42.5 Å². The lowest BCUT2D eigenvalue weighted by Gasteiger charge is -2.22. The van der Waals surface area contributed by atoms with Gasteiger partial charge in [0.05, 0.1) is 17.1 Å². The molecule has 0 spiro atoms. The van der Waals surface area contributed by atoms with Crippen molar-refractivity contribution in [1.29, 1.82) is 0 Å². The van der Waals surface area contributed by atoms with E-state index in [1.807, 2.05) is 67.7 Å². The Balaban J connectivity index is 1.58. The van der Waals surface area contributed by atoms with Crippen molar-refractivity contribution >= 4 is 33.9 Å². The first kappa shape index (κ1) is 19.1. The summed E-state index contributed by atoms with van der Waals surface area (Å²) < 4.78 is 5.87. The minimum absolute atomic E-state index is 0.496. The van der Waals surface area contributed by atoms with E-state index in [1.165, 1.54) is 0 Å². The first-order chi connectivity index (χ1) is 15.1. The molecule has 0 bridgehead atoms. The first-order valence-corrected chi connectivity index (χ1v) is 10.3. The van der Waals surface area contributed by atoms with E-state index in [4.69, 9.17) is 15.1 Å². The van der Waals surface area contributed by atoms with Crippen molar-refractivity contribution in [3.05, 3.63) is 89.1 Å². The Labute approximate surface area is 180 Å². The number of nitrogens with two attached hydrogens (primary N) is 1. The van der Waals surface area contributed by atoms with Gasteiger partial charge in [0, 0.05) is 35.5 Å². The normalized spacial score (nSPS) is 14.1. The number of hydrogen-bond acceptors (Lipinski definition) is 6. The zero-order valence-electron chi connectivity index (χ0n) is 17.5. The molecule has 0 unspecified atom stereocenters. The summed E-state index contributed by atoms with van der Waals surface area (Å²) in [6.07, 6.45) is 3.45. The number of aromatic nitrogens is 2. The molecule has 4 aromatic rings. The molecule has 2 aromatic carbocycles. The Bertz CT molecular complexity index is 1330. The number of nitrogens with one attached hydrogen (secondary N) is 1. The molecule has 0 atom stereocenters. The summed E-state index contributed by atoms with van der Waals surface area (Å²) in [6.45, 7) is 1.94. The van der Waals surface area contributed by atoms with Gasteiger partial charge in [-0.3, -0.25) is 4.99 Å². The molecule has 0 fully saturated rings. The van der Waals surface area contributed by atoms with Gasteiger partial charge in [0.1, 0.15) is 5.76 Å². The Morgan fingerprint density at radius 1 is 1.10 bits per heavy atom. The van der Waals surface area contributed by atoms with Crippen molar-refractivity contribution in [3.8, 4) is 0 Å². The minimum atomic E-state index is 0.496. The van der Waals surface area contributed by atoms with E-state index in [0.717, 1.165) is 69.1 Å². The number of hydrogen-bond donors (Lipinski definition) is 2. The van der Waals surface area contributed by atoms with Crippen molar-refractivity contribution in [2.24, 2.45) is 10.7 Å². The monoisotopic (exact) mass is 409 g/mol. The fourth-order valence-electron chi connectivity index (χ4n) is 4.07. The lowest BCUT2D eigenvalue weighted by molar-refractivity contribution is 0.579. The van der Waals surface area contributed by atoms with Gasteiger partial charge in [0.25, 0.3) is 0 Å². The number of aryl methyl sites for hydroxylation is 2. The van der Waals surface area contributed by atoms with Crippen LogP contribution < -0.4 is 11.1 Å². The SMILES string of the molecule is CN=C(C1=C(N)CCc2cnc(Nc3cccc4cc(C)oc34)nc21)c1ccccc1. The van der Waals surface area contributed by atoms with Crippen molar-refractivity contribution in [2.45, 2.75) is 19.8 Å². The third-order valence-corrected chi connectivity index (χ3v) is 5.51. The predicted molar refractivity (Wildman–Crippen MR) is 125 cm³/mol. The van der Waals surface area contributed by atoms with E-state index in [0.29, 0.717) is 5.95 Å². The van der Waals surface area contributed by atoms with Crippen LogP contribution in [-0.4, -0.2) is 22.7 Å². The zero-order chi connectivity index (χ0) is 21.4. The van der Waals surface area contributed by atoms with Gasteiger partial charge in [0.15, 0.2) is 5.58 Å². The summed E-state index contributed by atoms with van der Waals surface area (Å²) in [6, 6.07) is 18.1. The molecule has 1 aliphatic carbocycles. The Morgan fingerprint density at radius 3 is 2.74 bits per heavy atom. The quantitative estimate of drug-likeness (QED) is 0.463. The van der Waals surface area contributed by atoms with Crippen LogP contribution in [0.2, 0.25) is 0 Å². The summed E-state index contributed by atoms with van der Waals surface area (Å²) in [7, 11) is 1.79. The van der Waals surface area contributed by atoms with E-state index >= 15 is 0 Å². The topological polar surface area (TPSA) is 89.3 Å². The van der Waals surface area contributed by atoms with Gasteiger partial charge in [-0.15, -0.1) is 0 Å². The second-order valence-corrected chi connectivity index (χ2v) is 7.61. The third kappa shape index (κ3) is 3.46. The number of nitrogens with zero attached hydrogens (tertiary/aromatic N) is 3. The molecule has 6 heteroatoms. The minimum Gasteiger partial charge on any atom is -0.459 e. The zero-order valence-corrected chi connectivity index (χ0v) is 17.5. The molecule has 1 aliphatic rings. The molecule has 0 amide bonds. The van der Waals surface area contributed by atoms with Crippen LogP contribution in [0.25, 0.3) is 16.5 Å². The largest absolute Gasteiger partial charge is 0.459 e. The van der Waals surface area contributed by atoms with Crippen LogP contribution in [0.1, 0.15) is 29.0 Å². The Hall–Kier alpha value is -3.93. The van der Waals surface area contributed by atoms with Crippen LogP contribution in [0.3, 0.4) is 0 Å². The molecule has 0 saturated heterocycles. The van der Waals surface area contributed by atoms with Gasteiger partial charge in [0.2, 0.25) is 5.95 Å². The molecule has 0 saturated carbocycles. The fourth-order valence-corrected chi connectivity index (χ4v) is 4.07.